The molecule has 7 heteroatoms. The van der Waals surface area contributed by atoms with Crippen molar-refractivity contribution in [3.63, 3.8) is 0 Å². The monoisotopic (exact) mass is 293 g/mol. The van der Waals surface area contributed by atoms with E-state index in [0.29, 0.717) is 5.56 Å². The van der Waals surface area contributed by atoms with E-state index in [1.54, 1.807) is 13.0 Å². The van der Waals surface area contributed by atoms with Crippen molar-refractivity contribution in [3.8, 4) is 17.7 Å². The van der Waals surface area contributed by atoms with Gasteiger partial charge >= 0.3 is 6.18 Å². The van der Waals surface area contributed by atoms with Gasteiger partial charge in [0.25, 0.3) is 0 Å². The lowest BCUT2D eigenvalue weighted by Gasteiger charge is -2.12. The van der Waals surface area contributed by atoms with Gasteiger partial charge in [0.05, 0.1) is 11.3 Å². The third kappa shape index (κ3) is 3.05. The van der Waals surface area contributed by atoms with Crippen LogP contribution in [0, 0.1) is 18.3 Å². The number of pyridine rings is 1. The molecule has 2 rings (SSSR count). The summed E-state index contributed by atoms with van der Waals surface area (Å²) in [6, 6.07) is 6.29. The molecule has 0 bridgehead atoms. The highest BCUT2D eigenvalue weighted by molar-refractivity contribution is 5.57. The number of benzene rings is 1. The van der Waals surface area contributed by atoms with Gasteiger partial charge in [-0.25, -0.2) is 4.98 Å². The highest BCUT2D eigenvalue weighted by atomic mass is 19.4. The van der Waals surface area contributed by atoms with Crippen molar-refractivity contribution in [3.05, 3.63) is 47.2 Å². The fourth-order valence-electron chi connectivity index (χ4n) is 1.67. The molecule has 2 aromatic rings. The zero-order valence-corrected chi connectivity index (χ0v) is 10.9. The number of nitriles is 1. The second-order valence-electron chi connectivity index (χ2n) is 4.27. The van der Waals surface area contributed by atoms with E-state index in [1.807, 2.05) is 6.07 Å². The quantitative estimate of drug-likeness (QED) is 0.858. The molecule has 1 aromatic carbocycles. The second-order valence-corrected chi connectivity index (χ2v) is 4.27. The molecule has 0 fully saturated rings. The number of rotatable bonds is 2. The van der Waals surface area contributed by atoms with E-state index < -0.39 is 11.7 Å². The molecule has 0 aliphatic carbocycles. The Balaban J connectivity index is 2.38. The van der Waals surface area contributed by atoms with Crippen LogP contribution in [0.2, 0.25) is 0 Å². The van der Waals surface area contributed by atoms with Crippen molar-refractivity contribution >= 4 is 5.69 Å². The fraction of sp³-hybridized carbons (Fsp3) is 0.143. The van der Waals surface area contributed by atoms with Crippen molar-refractivity contribution in [1.29, 1.82) is 5.26 Å². The minimum atomic E-state index is -4.48. The van der Waals surface area contributed by atoms with Crippen LogP contribution in [0.5, 0.6) is 11.6 Å². The second kappa shape index (κ2) is 5.32. The molecule has 0 amide bonds. The predicted octanol–water partition coefficient (Wildman–Crippen LogP) is 3.66. The van der Waals surface area contributed by atoms with E-state index in [9.17, 15) is 13.2 Å². The Hall–Kier alpha value is -2.75. The highest BCUT2D eigenvalue weighted by Gasteiger charge is 2.31. The lowest BCUT2D eigenvalue weighted by atomic mass is 10.1. The third-order valence-corrected chi connectivity index (χ3v) is 2.78. The molecule has 1 heterocycles. The van der Waals surface area contributed by atoms with E-state index in [2.05, 4.69) is 4.98 Å². The molecule has 0 aliphatic rings. The predicted molar refractivity (Wildman–Crippen MR) is 69.6 cm³/mol. The highest BCUT2D eigenvalue weighted by Crippen LogP contribution is 2.35. The number of nitrogen functional groups attached to an aromatic ring is 1. The van der Waals surface area contributed by atoms with Gasteiger partial charge in [-0.15, -0.1) is 0 Å². The zero-order valence-electron chi connectivity index (χ0n) is 10.9. The molecule has 21 heavy (non-hydrogen) atoms. The maximum atomic E-state index is 12.5. The van der Waals surface area contributed by atoms with Gasteiger partial charge in [0.2, 0.25) is 5.88 Å². The molecule has 108 valence electrons. The summed E-state index contributed by atoms with van der Waals surface area (Å²) in [6.07, 6.45) is -3.04. The van der Waals surface area contributed by atoms with Gasteiger partial charge in [-0.1, -0.05) is 0 Å². The van der Waals surface area contributed by atoms with Gasteiger partial charge in [0.15, 0.2) is 5.75 Å². The van der Waals surface area contributed by atoms with Crippen molar-refractivity contribution in [1.82, 2.24) is 4.98 Å². The summed E-state index contributed by atoms with van der Waals surface area (Å²) in [5.74, 6) is 0.0153. The average Bonchev–Trinajstić information content (AvgIpc) is 2.40. The van der Waals surface area contributed by atoms with Gasteiger partial charge in [0.1, 0.15) is 11.6 Å². The summed E-state index contributed by atoms with van der Waals surface area (Å²) in [4.78, 5) is 3.90. The normalized spacial score (nSPS) is 11.0. The number of halogens is 3. The van der Waals surface area contributed by atoms with Gasteiger partial charge < -0.3 is 10.5 Å². The first-order valence-corrected chi connectivity index (χ1v) is 5.83. The van der Waals surface area contributed by atoms with E-state index in [0.717, 1.165) is 18.2 Å². The number of alkyl halides is 3. The number of ether oxygens (including phenoxy) is 1. The summed E-state index contributed by atoms with van der Waals surface area (Å²) in [7, 11) is 0. The first kappa shape index (κ1) is 14.7. The minimum Gasteiger partial charge on any atom is -0.436 e. The average molecular weight is 293 g/mol. The molecule has 0 saturated carbocycles. The van der Waals surface area contributed by atoms with Crippen LogP contribution in [0.3, 0.4) is 0 Å². The maximum absolute atomic E-state index is 12.5. The topological polar surface area (TPSA) is 71.9 Å². The summed E-state index contributed by atoms with van der Waals surface area (Å²) in [5, 5.41) is 9.05. The first-order valence-electron chi connectivity index (χ1n) is 5.83. The first-order chi connectivity index (χ1) is 9.82. The number of hydrogen-bond acceptors (Lipinski definition) is 4. The molecular weight excluding hydrogens is 283 g/mol. The molecular formula is C14H10F3N3O. The van der Waals surface area contributed by atoms with Crippen LogP contribution >= 0.6 is 0 Å². The Bertz CT molecular complexity index is 720. The fourth-order valence-corrected chi connectivity index (χ4v) is 1.67. The number of hydrogen-bond donors (Lipinski definition) is 1. The number of anilines is 1. The number of nitrogens with zero attached hydrogens (tertiary/aromatic N) is 2. The Kier molecular flexibility index (Phi) is 3.72. The molecule has 1 aromatic heterocycles. The van der Waals surface area contributed by atoms with Gasteiger partial charge in [-0.05, 0) is 36.8 Å². The summed E-state index contributed by atoms with van der Waals surface area (Å²) < 4.78 is 43.0. The molecule has 0 saturated heterocycles. The lowest BCUT2D eigenvalue weighted by molar-refractivity contribution is -0.137. The Morgan fingerprint density at radius 2 is 2.00 bits per heavy atom. The Labute approximate surface area is 118 Å². The molecule has 0 atom stereocenters. The van der Waals surface area contributed by atoms with Crippen molar-refractivity contribution in [2.24, 2.45) is 0 Å². The van der Waals surface area contributed by atoms with Crippen molar-refractivity contribution in [2.75, 3.05) is 5.73 Å². The Morgan fingerprint density at radius 1 is 1.29 bits per heavy atom. The third-order valence-electron chi connectivity index (χ3n) is 2.78. The van der Waals surface area contributed by atoms with Crippen LogP contribution in [0.4, 0.5) is 18.9 Å². The van der Waals surface area contributed by atoms with Crippen LogP contribution in [-0.2, 0) is 6.18 Å². The van der Waals surface area contributed by atoms with Crippen LogP contribution in [0.1, 0.15) is 16.7 Å². The molecule has 0 aliphatic heterocycles. The number of aromatic nitrogens is 1. The van der Waals surface area contributed by atoms with Gasteiger partial charge in [-0.2, -0.15) is 18.4 Å². The van der Waals surface area contributed by atoms with Gasteiger partial charge in [0, 0.05) is 6.20 Å². The summed E-state index contributed by atoms with van der Waals surface area (Å²) >= 11 is 0. The zero-order chi connectivity index (χ0) is 15.6. The van der Waals surface area contributed by atoms with Crippen LogP contribution in [0.15, 0.2) is 30.5 Å². The largest absolute Gasteiger partial charge is 0.436 e. The SMILES string of the molecule is Cc1ccnc(Oc2ccc(C(F)(F)F)cc2N)c1C#N. The smallest absolute Gasteiger partial charge is 0.416 e. The van der Waals surface area contributed by atoms with E-state index >= 15 is 0 Å². The van der Waals surface area contributed by atoms with E-state index in [-0.39, 0.29) is 22.9 Å². The van der Waals surface area contributed by atoms with Crippen molar-refractivity contribution in [2.45, 2.75) is 13.1 Å². The molecule has 4 nitrogen and oxygen atoms in total. The summed E-state index contributed by atoms with van der Waals surface area (Å²) in [5.41, 5.74) is 5.36. The van der Waals surface area contributed by atoms with E-state index in [4.69, 9.17) is 15.7 Å². The molecule has 0 radical (unpaired) electrons. The number of aryl methyl sites for hydroxylation is 1. The molecule has 0 unspecified atom stereocenters. The summed E-state index contributed by atoms with van der Waals surface area (Å²) in [6.45, 7) is 1.70. The standard InChI is InChI=1S/C14H10F3N3O/c1-8-4-5-20-13(10(8)7-18)21-12-3-2-9(6-11(12)19)14(15,16)17/h2-6H,19H2,1H3. The lowest BCUT2D eigenvalue weighted by Crippen LogP contribution is -2.06. The van der Waals surface area contributed by atoms with E-state index in [1.165, 1.54) is 6.20 Å². The Morgan fingerprint density at radius 3 is 2.57 bits per heavy atom. The van der Waals surface area contributed by atoms with Gasteiger partial charge in [-0.3, -0.25) is 0 Å². The molecule has 2 N–H and O–H groups in total. The maximum Gasteiger partial charge on any atom is 0.416 e. The van der Waals surface area contributed by atoms with Crippen LogP contribution in [-0.4, -0.2) is 4.98 Å². The number of nitrogens with two attached hydrogens (primary N) is 1. The van der Waals surface area contributed by atoms with Crippen LogP contribution in [0.25, 0.3) is 0 Å². The van der Waals surface area contributed by atoms with Crippen molar-refractivity contribution < 1.29 is 17.9 Å². The minimum absolute atomic E-state index is 0.00367. The van der Waals surface area contributed by atoms with Crippen LogP contribution < -0.4 is 10.5 Å². The molecule has 0 spiro atoms.